The maximum Gasteiger partial charge on any atom is 0.262 e. The molecule has 1 aliphatic rings. The number of nitrogens with one attached hydrogen (secondary N) is 2. The summed E-state index contributed by atoms with van der Waals surface area (Å²) in [6.45, 7) is 0.523. The number of amides is 3. The fourth-order valence-electron chi connectivity index (χ4n) is 2.88. The maximum atomic E-state index is 12.0. The molecule has 2 heterocycles. The topological polar surface area (TPSA) is 78.5 Å². The Bertz CT molecular complexity index is 893. The minimum atomic E-state index is -0.473. The van der Waals surface area contributed by atoms with Gasteiger partial charge in [-0.3, -0.25) is 25.2 Å². The molecule has 142 valence electrons. The van der Waals surface area contributed by atoms with Crippen molar-refractivity contribution >= 4 is 56.8 Å². The zero-order valence-corrected chi connectivity index (χ0v) is 16.2. The van der Waals surface area contributed by atoms with Crippen molar-refractivity contribution in [2.75, 3.05) is 13.1 Å². The van der Waals surface area contributed by atoms with Gasteiger partial charge in [-0.15, -0.1) is 11.3 Å². The molecule has 6 nitrogen and oxygen atoms in total. The van der Waals surface area contributed by atoms with Gasteiger partial charge in [0.1, 0.15) is 6.54 Å². The molecule has 0 spiro atoms. The van der Waals surface area contributed by atoms with E-state index >= 15 is 0 Å². The minimum Gasteiger partial charge on any atom is -0.333 e. The molecule has 0 radical (unpaired) electrons. The van der Waals surface area contributed by atoms with Gasteiger partial charge in [-0.05, 0) is 25.0 Å². The highest BCUT2D eigenvalue weighted by molar-refractivity contribution is 7.20. The predicted octanol–water partition coefficient (Wildman–Crippen LogP) is 3.12. The molecule has 0 bridgehead atoms. The van der Waals surface area contributed by atoms with Crippen molar-refractivity contribution in [3.63, 3.8) is 0 Å². The molecule has 1 saturated heterocycles. The average Bonchev–Trinajstić information content (AvgIpc) is 2.85. The van der Waals surface area contributed by atoms with Crippen molar-refractivity contribution in [2.45, 2.75) is 25.7 Å². The number of carbonyl (C=O) groups is 3. The number of hydrogen-bond acceptors (Lipinski definition) is 4. The molecule has 2 aromatic rings. The fourth-order valence-corrected chi connectivity index (χ4v) is 4.28. The summed E-state index contributed by atoms with van der Waals surface area (Å²) < 4.78 is 1.04. The lowest BCUT2D eigenvalue weighted by atomic mass is 10.2. The second kappa shape index (κ2) is 9.01. The number of rotatable bonds is 4. The molecule has 1 aromatic carbocycles. The van der Waals surface area contributed by atoms with Crippen LogP contribution in [0.15, 0.2) is 30.3 Å². The Morgan fingerprint density at radius 3 is 2.81 bits per heavy atom. The van der Waals surface area contributed by atoms with Gasteiger partial charge in [0, 0.05) is 34.0 Å². The van der Waals surface area contributed by atoms with E-state index in [2.05, 4.69) is 10.9 Å². The van der Waals surface area contributed by atoms with Crippen LogP contribution in [0.4, 0.5) is 0 Å². The predicted molar refractivity (Wildman–Crippen MR) is 107 cm³/mol. The van der Waals surface area contributed by atoms with Crippen LogP contribution in [-0.2, 0) is 14.4 Å². The lowest BCUT2D eigenvalue weighted by Crippen LogP contribution is -2.47. The van der Waals surface area contributed by atoms with E-state index in [4.69, 9.17) is 11.6 Å². The highest BCUT2D eigenvalue weighted by Gasteiger charge is 2.19. The Morgan fingerprint density at radius 2 is 2.00 bits per heavy atom. The van der Waals surface area contributed by atoms with Crippen molar-refractivity contribution in [3.8, 4) is 0 Å². The molecule has 0 unspecified atom stereocenters. The van der Waals surface area contributed by atoms with Crippen molar-refractivity contribution in [3.05, 3.63) is 40.2 Å². The van der Waals surface area contributed by atoms with Gasteiger partial charge in [-0.1, -0.05) is 36.2 Å². The first-order valence-corrected chi connectivity index (χ1v) is 9.96. The molecule has 0 atom stereocenters. The quantitative estimate of drug-likeness (QED) is 0.606. The van der Waals surface area contributed by atoms with Crippen molar-refractivity contribution < 1.29 is 14.4 Å². The molecule has 1 aromatic heterocycles. The molecule has 3 amide bonds. The Morgan fingerprint density at radius 1 is 1.19 bits per heavy atom. The van der Waals surface area contributed by atoms with Gasteiger partial charge in [0.05, 0.1) is 5.02 Å². The monoisotopic (exact) mass is 405 g/mol. The third kappa shape index (κ3) is 5.08. The molecule has 8 heteroatoms. The number of fused-ring (bicyclic) bond motifs is 1. The number of halogens is 1. The summed E-state index contributed by atoms with van der Waals surface area (Å²) >= 11 is 7.81. The van der Waals surface area contributed by atoms with E-state index in [1.165, 1.54) is 22.3 Å². The number of hydrogen-bond donors (Lipinski definition) is 2. The van der Waals surface area contributed by atoms with Gasteiger partial charge < -0.3 is 4.90 Å². The van der Waals surface area contributed by atoms with Crippen LogP contribution in [0.25, 0.3) is 16.2 Å². The minimum absolute atomic E-state index is 0.0201. The van der Waals surface area contributed by atoms with Gasteiger partial charge in [-0.2, -0.15) is 0 Å². The Kier molecular flexibility index (Phi) is 6.47. The fraction of sp³-hybridized carbons (Fsp3) is 0.316. The summed E-state index contributed by atoms with van der Waals surface area (Å²) in [7, 11) is 0. The van der Waals surface area contributed by atoms with Gasteiger partial charge in [-0.25, -0.2) is 0 Å². The summed E-state index contributed by atoms with van der Waals surface area (Å²) in [5, 5.41) is 1.54. The van der Waals surface area contributed by atoms with Gasteiger partial charge in [0.2, 0.25) is 5.91 Å². The summed E-state index contributed by atoms with van der Waals surface area (Å²) in [6, 6.07) is 7.73. The largest absolute Gasteiger partial charge is 0.333 e. The van der Waals surface area contributed by atoms with Crippen molar-refractivity contribution in [1.29, 1.82) is 0 Å². The summed E-state index contributed by atoms with van der Waals surface area (Å²) in [6.07, 6.45) is 6.15. The van der Waals surface area contributed by atoms with E-state index in [0.717, 1.165) is 34.2 Å². The number of hydrazine groups is 1. The SMILES string of the molecule is O=C(/C=C/c1sc2ccccc2c1Cl)NNC(=O)CN1CCCCCC1=O. The van der Waals surface area contributed by atoms with E-state index in [-0.39, 0.29) is 12.5 Å². The number of nitrogens with zero attached hydrogens (tertiary/aromatic N) is 1. The average molecular weight is 406 g/mol. The van der Waals surface area contributed by atoms with Gasteiger partial charge in [0.15, 0.2) is 0 Å². The van der Waals surface area contributed by atoms with E-state index in [1.54, 1.807) is 6.08 Å². The van der Waals surface area contributed by atoms with Crippen molar-refractivity contribution in [1.82, 2.24) is 15.8 Å². The van der Waals surface area contributed by atoms with Crippen LogP contribution >= 0.6 is 22.9 Å². The maximum absolute atomic E-state index is 12.0. The van der Waals surface area contributed by atoms with Crippen LogP contribution in [0, 0.1) is 0 Å². The third-order valence-electron chi connectivity index (χ3n) is 4.28. The first kappa shape index (κ1) is 19.4. The molecule has 27 heavy (non-hydrogen) atoms. The van der Waals surface area contributed by atoms with Gasteiger partial charge in [0.25, 0.3) is 11.8 Å². The lowest BCUT2D eigenvalue weighted by molar-refractivity contribution is -0.136. The first-order valence-electron chi connectivity index (χ1n) is 8.76. The molecule has 0 saturated carbocycles. The molecule has 1 aliphatic heterocycles. The van der Waals surface area contributed by atoms with Crippen LogP contribution in [0.3, 0.4) is 0 Å². The van der Waals surface area contributed by atoms with E-state index < -0.39 is 11.8 Å². The standard InChI is InChI=1S/C19H20ClN3O3S/c20-19-13-6-3-4-7-14(13)27-15(19)9-10-16(24)21-22-17(25)12-23-11-5-1-2-8-18(23)26/h3-4,6-7,9-10H,1-2,5,8,11-12H2,(H,21,24)(H,22,25)/b10-9+. The number of carbonyl (C=O) groups excluding carboxylic acids is 3. The Hall–Kier alpha value is -2.38. The highest BCUT2D eigenvalue weighted by atomic mass is 35.5. The van der Waals surface area contributed by atoms with Crippen LogP contribution in [0.5, 0.6) is 0 Å². The van der Waals surface area contributed by atoms with Gasteiger partial charge >= 0.3 is 0 Å². The summed E-state index contributed by atoms with van der Waals surface area (Å²) in [4.78, 5) is 38.1. The molecular weight excluding hydrogens is 386 g/mol. The molecule has 3 rings (SSSR count). The lowest BCUT2D eigenvalue weighted by Gasteiger charge is -2.19. The summed E-state index contributed by atoms with van der Waals surface area (Å²) in [5.41, 5.74) is 4.66. The van der Waals surface area contributed by atoms with Crippen LogP contribution in [0.1, 0.15) is 30.6 Å². The normalized spacial score (nSPS) is 15.1. The molecule has 0 aliphatic carbocycles. The Labute approximate surface area is 166 Å². The molecule has 2 N–H and O–H groups in total. The zero-order valence-electron chi connectivity index (χ0n) is 14.7. The molecule has 1 fully saturated rings. The number of thiophene rings is 1. The van der Waals surface area contributed by atoms with E-state index in [1.807, 2.05) is 24.3 Å². The second-order valence-corrected chi connectivity index (χ2v) is 7.73. The van der Waals surface area contributed by atoms with E-state index in [0.29, 0.717) is 18.0 Å². The zero-order chi connectivity index (χ0) is 19.2. The van der Waals surface area contributed by atoms with Crippen LogP contribution < -0.4 is 10.9 Å². The first-order chi connectivity index (χ1) is 13.0. The van der Waals surface area contributed by atoms with Crippen molar-refractivity contribution in [2.24, 2.45) is 0 Å². The smallest absolute Gasteiger partial charge is 0.262 e. The summed E-state index contributed by atoms with van der Waals surface area (Å²) in [5.74, 6) is -0.917. The third-order valence-corrected chi connectivity index (χ3v) is 5.93. The number of benzene rings is 1. The Balaban J connectivity index is 1.51. The second-order valence-electron chi connectivity index (χ2n) is 6.27. The number of likely N-dealkylation sites (tertiary alicyclic amines) is 1. The van der Waals surface area contributed by atoms with E-state index in [9.17, 15) is 14.4 Å². The van der Waals surface area contributed by atoms with Crippen LogP contribution in [0.2, 0.25) is 5.02 Å². The highest BCUT2D eigenvalue weighted by Crippen LogP contribution is 2.35. The molecular formula is C19H20ClN3O3S. The van der Waals surface area contributed by atoms with Crippen LogP contribution in [-0.4, -0.2) is 35.7 Å².